The Bertz CT molecular complexity index is 625. The first-order valence-corrected chi connectivity index (χ1v) is 7.69. The first-order chi connectivity index (χ1) is 10.1. The van der Waals surface area contributed by atoms with Gasteiger partial charge in [0, 0.05) is 33.2 Å². The van der Waals surface area contributed by atoms with Crippen LogP contribution in [0.3, 0.4) is 0 Å². The van der Waals surface area contributed by atoms with Crippen molar-refractivity contribution in [1.29, 1.82) is 0 Å². The van der Waals surface area contributed by atoms with Crippen LogP contribution >= 0.6 is 0 Å². The zero-order valence-electron chi connectivity index (χ0n) is 12.7. The molecule has 7 nitrogen and oxygen atoms in total. The molecule has 1 aliphatic carbocycles. The van der Waals surface area contributed by atoms with Crippen molar-refractivity contribution < 1.29 is 0 Å². The average molecular weight is 293 g/mol. The second-order valence-corrected chi connectivity index (χ2v) is 6.24. The predicted octanol–water partition coefficient (Wildman–Crippen LogP) is -0.553. The molecule has 0 amide bonds. The van der Waals surface area contributed by atoms with Gasteiger partial charge in [-0.25, -0.2) is 9.48 Å². The molecule has 1 saturated carbocycles. The Labute approximate surface area is 123 Å². The Morgan fingerprint density at radius 2 is 2.00 bits per heavy atom. The number of nitrogens with zero attached hydrogens (tertiary/aromatic N) is 4. The van der Waals surface area contributed by atoms with Crippen molar-refractivity contribution in [2.75, 3.05) is 24.5 Å². The molecular formula is C14H23N5O2. The third kappa shape index (κ3) is 3.02. The third-order valence-electron chi connectivity index (χ3n) is 4.38. The SMILES string of the molecule is Cn1nc(N(CC2CC2)CC2CCCN2)c(=O)n(C)c1=O. The topological polar surface area (TPSA) is 72.2 Å². The maximum atomic E-state index is 12.4. The minimum Gasteiger partial charge on any atom is -0.349 e. The van der Waals surface area contributed by atoms with Gasteiger partial charge in [-0.3, -0.25) is 9.36 Å². The quantitative estimate of drug-likeness (QED) is 0.788. The fourth-order valence-corrected chi connectivity index (χ4v) is 2.92. The van der Waals surface area contributed by atoms with E-state index < -0.39 is 0 Å². The third-order valence-corrected chi connectivity index (χ3v) is 4.38. The Hall–Kier alpha value is -1.63. The monoisotopic (exact) mass is 293 g/mol. The molecule has 0 bridgehead atoms. The average Bonchev–Trinajstić information content (AvgIpc) is 3.13. The van der Waals surface area contributed by atoms with Crippen molar-refractivity contribution in [3.63, 3.8) is 0 Å². The van der Waals surface area contributed by atoms with Crippen LogP contribution in [0.5, 0.6) is 0 Å². The molecule has 2 aliphatic rings. The fraction of sp³-hybridized carbons (Fsp3) is 0.786. The molecule has 0 spiro atoms. The lowest BCUT2D eigenvalue weighted by atomic mass is 10.2. The lowest BCUT2D eigenvalue weighted by Gasteiger charge is -2.26. The highest BCUT2D eigenvalue weighted by Gasteiger charge is 2.29. The molecule has 1 atom stereocenters. The van der Waals surface area contributed by atoms with E-state index in [9.17, 15) is 9.59 Å². The minimum absolute atomic E-state index is 0.295. The highest BCUT2D eigenvalue weighted by Crippen LogP contribution is 2.30. The highest BCUT2D eigenvalue weighted by atomic mass is 16.2. The second-order valence-electron chi connectivity index (χ2n) is 6.24. The summed E-state index contributed by atoms with van der Waals surface area (Å²) in [5.41, 5.74) is -0.675. The summed E-state index contributed by atoms with van der Waals surface area (Å²) in [6, 6.07) is 0.410. The lowest BCUT2D eigenvalue weighted by molar-refractivity contribution is 0.540. The van der Waals surface area contributed by atoms with E-state index in [1.807, 2.05) is 0 Å². The smallest absolute Gasteiger partial charge is 0.346 e. The number of aromatic nitrogens is 3. The van der Waals surface area contributed by atoms with Gasteiger partial charge in [-0.15, -0.1) is 5.10 Å². The van der Waals surface area contributed by atoms with E-state index in [-0.39, 0.29) is 11.2 Å². The van der Waals surface area contributed by atoms with Crippen LogP contribution in [0.4, 0.5) is 5.82 Å². The van der Waals surface area contributed by atoms with Crippen molar-refractivity contribution >= 4 is 5.82 Å². The summed E-state index contributed by atoms with van der Waals surface area (Å²) in [4.78, 5) is 26.2. The van der Waals surface area contributed by atoms with Gasteiger partial charge < -0.3 is 10.2 Å². The zero-order chi connectivity index (χ0) is 15.0. The standard InChI is InChI=1S/C14H23N5O2/c1-17-13(20)12(16-18(2)14(17)21)19(8-10-5-6-10)9-11-4-3-7-15-11/h10-11,15H,3-9H2,1-2H3. The van der Waals surface area contributed by atoms with Crippen molar-refractivity contribution in [2.24, 2.45) is 20.0 Å². The van der Waals surface area contributed by atoms with Crippen LogP contribution in [0.1, 0.15) is 25.7 Å². The van der Waals surface area contributed by atoms with Crippen molar-refractivity contribution in [1.82, 2.24) is 19.7 Å². The molecule has 0 aromatic carbocycles. The molecule has 116 valence electrons. The van der Waals surface area contributed by atoms with Gasteiger partial charge in [0.25, 0.3) is 5.56 Å². The predicted molar refractivity (Wildman–Crippen MR) is 80.7 cm³/mol. The van der Waals surface area contributed by atoms with Gasteiger partial charge in [0.2, 0.25) is 5.82 Å². The number of anilines is 1. The molecule has 1 saturated heterocycles. The van der Waals surface area contributed by atoms with Crippen molar-refractivity contribution in [2.45, 2.75) is 31.7 Å². The van der Waals surface area contributed by atoms with Crippen LogP contribution in [0.2, 0.25) is 0 Å². The summed E-state index contributed by atoms with van der Waals surface area (Å²) in [5, 5.41) is 7.69. The van der Waals surface area contributed by atoms with Crippen LogP contribution in [0.25, 0.3) is 0 Å². The van der Waals surface area contributed by atoms with Crippen molar-refractivity contribution in [3.8, 4) is 0 Å². The van der Waals surface area contributed by atoms with E-state index in [0.29, 0.717) is 17.8 Å². The number of aryl methyl sites for hydroxylation is 1. The number of hydrogen-bond donors (Lipinski definition) is 1. The Morgan fingerprint density at radius 1 is 1.24 bits per heavy atom. The van der Waals surface area contributed by atoms with Crippen LogP contribution in [-0.2, 0) is 14.1 Å². The molecule has 21 heavy (non-hydrogen) atoms. The molecule has 2 heterocycles. The molecule has 1 N–H and O–H groups in total. The molecule has 1 aliphatic heterocycles. The van der Waals surface area contributed by atoms with Gasteiger partial charge >= 0.3 is 5.69 Å². The van der Waals surface area contributed by atoms with Gasteiger partial charge in [0.1, 0.15) is 0 Å². The highest BCUT2D eigenvalue weighted by molar-refractivity contribution is 5.35. The Kier molecular flexibility index (Phi) is 3.84. The second kappa shape index (κ2) is 5.63. The fourth-order valence-electron chi connectivity index (χ4n) is 2.92. The lowest BCUT2D eigenvalue weighted by Crippen LogP contribution is -2.46. The maximum absolute atomic E-state index is 12.4. The summed E-state index contributed by atoms with van der Waals surface area (Å²) in [5.74, 6) is 1.07. The van der Waals surface area contributed by atoms with Crippen LogP contribution in [0, 0.1) is 5.92 Å². The molecular weight excluding hydrogens is 270 g/mol. The number of hydrogen-bond acceptors (Lipinski definition) is 5. The summed E-state index contributed by atoms with van der Waals surface area (Å²) in [6.07, 6.45) is 4.76. The van der Waals surface area contributed by atoms with E-state index in [2.05, 4.69) is 15.3 Å². The zero-order valence-corrected chi connectivity index (χ0v) is 12.7. The van der Waals surface area contributed by atoms with Gasteiger partial charge in [-0.1, -0.05) is 0 Å². The molecule has 7 heteroatoms. The Balaban J connectivity index is 1.91. The van der Waals surface area contributed by atoms with Crippen LogP contribution < -0.4 is 21.5 Å². The maximum Gasteiger partial charge on any atom is 0.346 e. The Morgan fingerprint density at radius 3 is 2.62 bits per heavy atom. The van der Waals surface area contributed by atoms with Crippen molar-refractivity contribution in [3.05, 3.63) is 20.8 Å². The molecule has 1 aromatic heterocycles. The molecule has 0 radical (unpaired) electrons. The molecule has 2 fully saturated rings. The number of nitrogens with one attached hydrogen (secondary N) is 1. The summed E-state index contributed by atoms with van der Waals surface area (Å²) >= 11 is 0. The summed E-state index contributed by atoms with van der Waals surface area (Å²) < 4.78 is 2.39. The molecule has 1 aromatic rings. The van der Waals surface area contributed by atoms with E-state index in [0.717, 1.165) is 30.6 Å². The van der Waals surface area contributed by atoms with E-state index in [1.165, 1.54) is 31.0 Å². The van der Waals surface area contributed by atoms with E-state index in [4.69, 9.17) is 0 Å². The number of rotatable bonds is 5. The summed E-state index contributed by atoms with van der Waals surface area (Å²) in [7, 11) is 3.10. The molecule has 1 unspecified atom stereocenters. The largest absolute Gasteiger partial charge is 0.349 e. The first kappa shape index (κ1) is 14.3. The van der Waals surface area contributed by atoms with E-state index in [1.54, 1.807) is 7.05 Å². The first-order valence-electron chi connectivity index (χ1n) is 7.69. The van der Waals surface area contributed by atoms with Crippen LogP contribution in [0.15, 0.2) is 9.59 Å². The summed E-state index contributed by atoms with van der Waals surface area (Å²) in [6.45, 7) is 2.69. The van der Waals surface area contributed by atoms with Gasteiger partial charge in [-0.05, 0) is 38.1 Å². The van der Waals surface area contributed by atoms with Gasteiger partial charge in [0.15, 0.2) is 0 Å². The van der Waals surface area contributed by atoms with Gasteiger partial charge in [-0.2, -0.15) is 0 Å². The normalized spacial score (nSPS) is 21.7. The van der Waals surface area contributed by atoms with E-state index >= 15 is 0 Å². The molecule has 3 rings (SSSR count). The van der Waals surface area contributed by atoms with Crippen LogP contribution in [-0.4, -0.2) is 40.0 Å². The minimum atomic E-state index is -0.380. The van der Waals surface area contributed by atoms with Gasteiger partial charge in [0.05, 0.1) is 0 Å².